The molecule has 3 nitrogen and oxygen atoms in total. The van der Waals surface area contributed by atoms with Crippen molar-refractivity contribution in [3.63, 3.8) is 0 Å². The van der Waals surface area contributed by atoms with Crippen LogP contribution in [0.3, 0.4) is 0 Å². The maximum absolute atomic E-state index is 3.78. The molecule has 3 aliphatic rings. The number of hydrogen-bond donors (Lipinski definition) is 2. The molecule has 0 spiro atoms. The molecule has 0 amide bonds. The summed E-state index contributed by atoms with van der Waals surface area (Å²) in [5.74, 6) is 0. The summed E-state index contributed by atoms with van der Waals surface area (Å²) in [6.45, 7) is 2.23. The molecule has 0 aliphatic carbocycles. The molecular weight excluding hydrogens is 270 g/mol. The summed E-state index contributed by atoms with van der Waals surface area (Å²) >= 11 is 0. The third-order valence-electron chi connectivity index (χ3n) is 5.39. The largest absolute Gasteiger partial charge is 0.363 e. The molecule has 112 valence electrons. The van der Waals surface area contributed by atoms with Crippen molar-refractivity contribution in [3.8, 4) is 0 Å². The number of nitrogens with zero attached hydrogens (tertiary/aromatic N) is 1. The van der Waals surface area contributed by atoms with Gasteiger partial charge in [-0.2, -0.15) is 0 Å². The van der Waals surface area contributed by atoms with Crippen LogP contribution >= 0.6 is 0 Å². The fourth-order valence-electron chi connectivity index (χ4n) is 4.42. The van der Waals surface area contributed by atoms with Gasteiger partial charge in [-0.1, -0.05) is 18.2 Å². The first-order chi connectivity index (χ1) is 10.8. The molecule has 3 unspecified atom stereocenters. The quantitative estimate of drug-likeness (QED) is 0.812. The molecule has 3 heterocycles. The molecule has 2 aromatic rings. The lowest BCUT2D eigenvalue weighted by Gasteiger charge is -2.24. The van der Waals surface area contributed by atoms with Gasteiger partial charge in [0.25, 0.3) is 0 Å². The number of piperidine rings is 1. The van der Waals surface area contributed by atoms with Crippen molar-refractivity contribution in [3.05, 3.63) is 53.6 Å². The first-order valence-electron chi connectivity index (χ1n) is 8.36. The van der Waals surface area contributed by atoms with Gasteiger partial charge in [-0.25, -0.2) is 0 Å². The average Bonchev–Trinajstić information content (AvgIpc) is 3.00. The van der Waals surface area contributed by atoms with Crippen LogP contribution in [-0.4, -0.2) is 6.17 Å². The molecule has 5 rings (SSSR count). The fraction of sp³-hybridized carbons (Fsp3) is 0.368. The van der Waals surface area contributed by atoms with Gasteiger partial charge in [0, 0.05) is 17.8 Å². The monoisotopic (exact) mass is 291 g/mol. The van der Waals surface area contributed by atoms with Crippen molar-refractivity contribution in [1.29, 1.82) is 0 Å². The molecule has 1 fully saturated rings. The van der Waals surface area contributed by atoms with Gasteiger partial charge in [-0.3, -0.25) is 0 Å². The van der Waals surface area contributed by atoms with E-state index in [9.17, 15) is 0 Å². The predicted octanol–water partition coefficient (Wildman–Crippen LogP) is 4.47. The summed E-state index contributed by atoms with van der Waals surface area (Å²) < 4.78 is 0. The molecule has 3 aliphatic heterocycles. The minimum absolute atomic E-state index is 0.299. The Morgan fingerprint density at radius 1 is 1.00 bits per heavy atom. The van der Waals surface area contributed by atoms with Crippen LogP contribution in [0, 0.1) is 0 Å². The van der Waals surface area contributed by atoms with Gasteiger partial charge in [0.1, 0.15) is 6.17 Å². The zero-order valence-electron chi connectivity index (χ0n) is 12.8. The van der Waals surface area contributed by atoms with Crippen molar-refractivity contribution >= 4 is 17.1 Å². The molecule has 0 radical (unpaired) electrons. The molecule has 2 aromatic carbocycles. The van der Waals surface area contributed by atoms with E-state index in [-0.39, 0.29) is 0 Å². The molecule has 3 atom stereocenters. The van der Waals surface area contributed by atoms with Crippen LogP contribution in [-0.2, 0) is 0 Å². The van der Waals surface area contributed by atoms with Crippen LogP contribution in [0.4, 0.5) is 17.1 Å². The second-order valence-corrected chi connectivity index (χ2v) is 6.73. The first kappa shape index (κ1) is 12.5. The third kappa shape index (κ3) is 1.66. The predicted molar refractivity (Wildman–Crippen MR) is 90.6 cm³/mol. The Balaban J connectivity index is 1.64. The van der Waals surface area contributed by atoms with Gasteiger partial charge in [-0.05, 0) is 61.6 Å². The van der Waals surface area contributed by atoms with Crippen molar-refractivity contribution in [2.75, 3.05) is 10.2 Å². The van der Waals surface area contributed by atoms with E-state index in [2.05, 4.69) is 64.9 Å². The Morgan fingerprint density at radius 2 is 1.73 bits per heavy atom. The van der Waals surface area contributed by atoms with E-state index in [0.29, 0.717) is 18.2 Å². The van der Waals surface area contributed by atoms with Crippen LogP contribution in [0.2, 0.25) is 0 Å². The zero-order valence-corrected chi connectivity index (χ0v) is 12.8. The number of anilines is 3. The standard InChI is InChI=1S/C19H21N3/c1-12-20-18-10-14-15(17-9-5-8-16(14)21-17)11-19(18)22(12)13-6-3-2-4-7-13/h2-4,6-7,10-12,16-17,20-21H,5,8-9H2,1H3. The van der Waals surface area contributed by atoms with Gasteiger partial charge >= 0.3 is 0 Å². The first-order valence-corrected chi connectivity index (χ1v) is 8.36. The van der Waals surface area contributed by atoms with E-state index < -0.39 is 0 Å². The fourth-order valence-corrected chi connectivity index (χ4v) is 4.42. The molecule has 0 aromatic heterocycles. The smallest absolute Gasteiger partial charge is 0.101 e. The highest BCUT2D eigenvalue weighted by atomic mass is 15.3. The summed E-state index contributed by atoms with van der Waals surface area (Å²) in [5.41, 5.74) is 6.92. The lowest BCUT2D eigenvalue weighted by atomic mass is 10.0. The van der Waals surface area contributed by atoms with E-state index >= 15 is 0 Å². The maximum Gasteiger partial charge on any atom is 0.101 e. The highest BCUT2D eigenvalue weighted by molar-refractivity contribution is 5.84. The Labute approximate surface area is 131 Å². The Hall–Kier alpha value is -2.00. The van der Waals surface area contributed by atoms with Crippen LogP contribution in [0.15, 0.2) is 42.5 Å². The van der Waals surface area contributed by atoms with Crippen molar-refractivity contribution < 1.29 is 0 Å². The average molecular weight is 291 g/mol. The van der Waals surface area contributed by atoms with Gasteiger partial charge in [-0.15, -0.1) is 0 Å². The maximum atomic E-state index is 3.78. The number of fused-ring (bicyclic) bond motifs is 6. The van der Waals surface area contributed by atoms with Crippen LogP contribution < -0.4 is 15.5 Å². The van der Waals surface area contributed by atoms with Gasteiger partial charge in [0.05, 0.1) is 11.4 Å². The number of hydrogen-bond acceptors (Lipinski definition) is 3. The highest BCUT2D eigenvalue weighted by Crippen LogP contribution is 2.49. The zero-order chi connectivity index (χ0) is 14.7. The molecule has 1 saturated heterocycles. The lowest BCUT2D eigenvalue weighted by Crippen LogP contribution is -2.28. The number of rotatable bonds is 1. The van der Waals surface area contributed by atoms with E-state index in [0.717, 1.165) is 0 Å². The summed E-state index contributed by atoms with van der Waals surface area (Å²) in [5, 5.41) is 7.43. The normalized spacial score (nSPS) is 28.2. The SMILES string of the molecule is CC1Nc2cc3c(cc2N1c1ccccc1)C1CCCC3N1. The third-order valence-corrected chi connectivity index (χ3v) is 5.39. The molecule has 3 heteroatoms. The van der Waals surface area contributed by atoms with E-state index in [4.69, 9.17) is 0 Å². The van der Waals surface area contributed by atoms with Crippen LogP contribution in [0.1, 0.15) is 49.4 Å². The number of nitrogens with one attached hydrogen (secondary N) is 2. The summed E-state index contributed by atoms with van der Waals surface area (Å²) in [4.78, 5) is 2.41. The molecular formula is C19H21N3. The highest BCUT2D eigenvalue weighted by Gasteiger charge is 2.37. The van der Waals surface area contributed by atoms with Gasteiger partial charge < -0.3 is 15.5 Å². The second kappa shape index (κ2) is 4.50. The van der Waals surface area contributed by atoms with E-state index in [1.807, 2.05) is 0 Å². The van der Waals surface area contributed by atoms with Crippen molar-refractivity contribution in [1.82, 2.24) is 5.32 Å². The van der Waals surface area contributed by atoms with Gasteiger partial charge in [0.2, 0.25) is 0 Å². The second-order valence-electron chi connectivity index (χ2n) is 6.73. The molecule has 2 N–H and O–H groups in total. The van der Waals surface area contributed by atoms with Crippen LogP contribution in [0.5, 0.6) is 0 Å². The summed E-state index contributed by atoms with van der Waals surface area (Å²) in [7, 11) is 0. The lowest BCUT2D eigenvalue weighted by molar-refractivity contribution is 0.370. The van der Waals surface area contributed by atoms with Gasteiger partial charge in [0.15, 0.2) is 0 Å². The molecule has 2 bridgehead atoms. The number of para-hydroxylation sites is 1. The Kier molecular flexibility index (Phi) is 2.56. The van der Waals surface area contributed by atoms with E-state index in [1.54, 1.807) is 0 Å². The summed E-state index contributed by atoms with van der Waals surface area (Å²) in [6.07, 6.45) is 4.19. The van der Waals surface area contributed by atoms with Crippen LogP contribution in [0.25, 0.3) is 0 Å². The summed E-state index contributed by atoms with van der Waals surface area (Å²) in [6, 6.07) is 16.6. The Morgan fingerprint density at radius 3 is 2.50 bits per heavy atom. The van der Waals surface area contributed by atoms with Crippen molar-refractivity contribution in [2.45, 2.75) is 44.4 Å². The number of benzene rings is 2. The Bertz CT molecular complexity index is 725. The minimum Gasteiger partial charge on any atom is -0.363 e. The molecule has 22 heavy (non-hydrogen) atoms. The van der Waals surface area contributed by atoms with E-state index in [1.165, 1.54) is 47.5 Å². The minimum atomic E-state index is 0.299. The topological polar surface area (TPSA) is 27.3 Å². The van der Waals surface area contributed by atoms with Crippen molar-refractivity contribution in [2.24, 2.45) is 0 Å². The molecule has 0 saturated carbocycles.